The van der Waals surface area contributed by atoms with E-state index in [0.717, 1.165) is 47.6 Å². The first kappa shape index (κ1) is 22.3. The number of rotatable bonds is 4. The van der Waals surface area contributed by atoms with E-state index < -0.39 is 0 Å². The Morgan fingerprint density at radius 3 is 2.56 bits per heavy atom. The van der Waals surface area contributed by atoms with Crippen molar-refractivity contribution in [3.05, 3.63) is 24.3 Å². The van der Waals surface area contributed by atoms with Crippen molar-refractivity contribution in [3.8, 4) is 0 Å². The Morgan fingerprint density at radius 1 is 1.03 bits per heavy atom. The highest BCUT2D eigenvalue weighted by molar-refractivity contribution is 5.90. The molecule has 4 fully saturated rings. The third-order valence-corrected chi connectivity index (χ3v) is 10.6. The second-order valence-corrected chi connectivity index (χ2v) is 12.1. The van der Waals surface area contributed by atoms with Crippen molar-refractivity contribution in [2.24, 2.45) is 52.7 Å². The van der Waals surface area contributed by atoms with Gasteiger partial charge in [-0.2, -0.15) is 0 Å². The molecule has 1 aromatic carbocycles. The van der Waals surface area contributed by atoms with E-state index in [-0.39, 0.29) is 17.4 Å². The molecule has 0 spiro atoms. The molecule has 9 unspecified atom stereocenters. The number of nitrogens with two attached hydrogens (primary N) is 2. The number of hydrazine groups is 1. The van der Waals surface area contributed by atoms with Crippen LogP contribution in [0.3, 0.4) is 0 Å². The Kier molecular flexibility index (Phi) is 5.80. The molecule has 4 heteroatoms. The first-order valence-electron chi connectivity index (χ1n) is 13.2. The van der Waals surface area contributed by atoms with Crippen LogP contribution in [0.5, 0.6) is 0 Å². The van der Waals surface area contributed by atoms with Gasteiger partial charge in [0, 0.05) is 5.92 Å². The zero-order valence-electron chi connectivity index (χ0n) is 20.3. The highest BCUT2D eigenvalue weighted by Gasteiger charge is 2.58. The maximum atomic E-state index is 13.8. The normalized spacial score (nSPS) is 41.8. The third-order valence-electron chi connectivity index (χ3n) is 10.6. The number of nitrogens with zero attached hydrogens (tertiary/aromatic N) is 1. The molecule has 5 rings (SSSR count). The van der Waals surface area contributed by atoms with Crippen molar-refractivity contribution in [3.63, 3.8) is 0 Å². The molecule has 0 heterocycles. The number of fused-ring (bicyclic) bond motifs is 5. The standard InChI is InChI=1S/C28H43N3O/c1-17-8-10-20-19(16-17)9-11-22-21(20)14-15-28(3)23(22)12-13-24(28)27(32)18(2)31(30)26-7-5-4-6-25(26)29/h4-7,17-24H,8-16,29-30H2,1-3H3. The zero-order valence-corrected chi connectivity index (χ0v) is 20.3. The summed E-state index contributed by atoms with van der Waals surface area (Å²) in [5.41, 5.74) is 7.67. The van der Waals surface area contributed by atoms with Crippen molar-refractivity contribution in [2.45, 2.75) is 84.6 Å². The molecule has 4 nitrogen and oxygen atoms in total. The van der Waals surface area contributed by atoms with Crippen LogP contribution in [0.25, 0.3) is 0 Å². The number of benzene rings is 1. The summed E-state index contributed by atoms with van der Waals surface area (Å²) in [5, 5.41) is 1.61. The number of anilines is 2. The summed E-state index contributed by atoms with van der Waals surface area (Å²) in [5.74, 6) is 12.2. The molecule has 0 saturated heterocycles. The summed E-state index contributed by atoms with van der Waals surface area (Å²) in [6.45, 7) is 6.87. The van der Waals surface area contributed by atoms with E-state index in [4.69, 9.17) is 11.6 Å². The molecule has 0 bridgehead atoms. The third kappa shape index (κ3) is 3.48. The summed E-state index contributed by atoms with van der Waals surface area (Å²) in [7, 11) is 0. The molecule has 4 saturated carbocycles. The Bertz CT molecular complexity index is 855. The minimum Gasteiger partial charge on any atom is -0.397 e. The molecular formula is C28H43N3O. The van der Waals surface area contributed by atoms with Crippen molar-refractivity contribution < 1.29 is 4.79 Å². The quantitative estimate of drug-likeness (QED) is 0.354. The van der Waals surface area contributed by atoms with Gasteiger partial charge < -0.3 is 5.73 Å². The van der Waals surface area contributed by atoms with Crippen molar-refractivity contribution in [1.29, 1.82) is 0 Å². The first-order valence-corrected chi connectivity index (χ1v) is 13.2. The van der Waals surface area contributed by atoms with E-state index in [0.29, 0.717) is 11.5 Å². The van der Waals surface area contributed by atoms with Crippen LogP contribution < -0.4 is 16.6 Å². The fourth-order valence-corrected chi connectivity index (χ4v) is 8.91. The summed E-state index contributed by atoms with van der Waals surface area (Å²) < 4.78 is 0. The van der Waals surface area contributed by atoms with Crippen molar-refractivity contribution >= 4 is 17.2 Å². The number of carbonyl (C=O) groups excluding carboxylic acids is 1. The fourth-order valence-electron chi connectivity index (χ4n) is 8.91. The van der Waals surface area contributed by atoms with E-state index in [2.05, 4.69) is 13.8 Å². The lowest BCUT2D eigenvalue weighted by Gasteiger charge is -2.56. The Hall–Kier alpha value is -1.55. The molecule has 0 radical (unpaired) electrons. The van der Waals surface area contributed by atoms with Gasteiger partial charge in [0.2, 0.25) is 0 Å². The van der Waals surface area contributed by atoms with E-state index >= 15 is 0 Å². The number of hydrogen-bond acceptors (Lipinski definition) is 4. The molecule has 0 amide bonds. The molecular weight excluding hydrogens is 394 g/mol. The van der Waals surface area contributed by atoms with Crippen LogP contribution in [-0.2, 0) is 4.79 Å². The minimum atomic E-state index is -0.353. The highest BCUT2D eigenvalue weighted by Crippen LogP contribution is 2.64. The molecule has 4 aliphatic rings. The van der Waals surface area contributed by atoms with Gasteiger partial charge in [0.15, 0.2) is 5.78 Å². The monoisotopic (exact) mass is 437 g/mol. The van der Waals surface area contributed by atoms with Crippen LogP contribution in [0, 0.1) is 46.8 Å². The lowest BCUT2D eigenvalue weighted by Crippen LogP contribution is -2.52. The molecule has 176 valence electrons. The largest absolute Gasteiger partial charge is 0.397 e. The number of para-hydroxylation sites is 2. The maximum absolute atomic E-state index is 13.8. The van der Waals surface area contributed by atoms with E-state index in [1.807, 2.05) is 31.2 Å². The van der Waals surface area contributed by atoms with Gasteiger partial charge in [0.25, 0.3) is 0 Å². The van der Waals surface area contributed by atoms with Gasteiger partial charge in [0.05, 0.1) is 11.4 Å². The molecule has 4 N–H and O–H groups in total. The number of carbonyl (C=O) groups is 1. The van der Waals surface area contributed by atoms with Gasteiger partial charge in [-0.15, -0.1) is 0 Å². The molecule has 0 aromatic heterocycles. The summed E-state index contributed by atoms with van der Waals surface area (Å²) in [4.78, 5) is 13.8. The Balaban J connectivity index is 1.32. The number of nitrogen functional groups attached to an aromatic ring is 1. The first-order chi connectivity index (χ1) is 15.3. The number of hydrogen-bond donors (Lipinski definition) is 2. The SMILES string of the molecule is CC1CCC2C(CCC3C2CCC2(C)C(C(=O)C(C)N(N)c4ccccc4N)CCC32)C1. The van der Waals surface area contributed by atoms with Gasteiger partial charge in [-0.3, -0.25) is 9.80 Å². The molecule has 4 aliphatic carbocycles. The second-order valence-electron chi connectivity index (χ2n) is 12.1. The van der Waals surface area contributed by atoms with Gasteiger partial charge in [-0.1, -0.05) is 32.4 Å². The van der Waals surface area contributed by atoms with E-state index in [1.165, 1.54) is 51.4 Å². The predicted octanol–water partition coefficient (Wildman–Crippen LogP) is 5.81. The van der Waals surface area contributed by atoms with Crippen molar-refractivity contribution in [1.82, 2.24) is 0 Å². The summed E-state index contributed by atoms with van der Waals surface area (Å²) >= 11 is 0. The number of ketones is 1. The Morgan fingerprint density at radius 2 is 1.78 bits per heavy atom. The van der Waals surface area contributed by atoms with Crippen LogP contribution in [0.1, 0.15) is 78.6 Å². The number of Topliss-reactive ketones (excluding diaryl/α,β-unsaturated/α-hetero) is 1. The van der Waals surface area contributed by atoms with Gasteiger partial charge in [-0.25, -0.2) is 5.84 Å². The average molecular weight is 438 g/mol. The van der Waals surface area contributed by atoms with Gasteiger partial charge >= 0.3 is 0 Å². The van der Waals surface area contributed by atoms with E-state index in [1.54, 1.807) is 5.01 Å². The summed E-state index contributed by atoms with van der Waals surface area (Å²) in [6, 6.07) is 7.24. The smallest absolute Gasteiger partial charge is 0.160 e. The van der Waals surface area contributed by atoms with E-state index in [9.17, 15) is 4.79 Å². The predicted molar refractivity (Wildman–Crippen MR) is 132 cm³/mol. The van der Waals surface area contributed by atoms with Crippen molar-refractivity contribution in [2.75, 3.05) is 10.7 Å². The highest BCUT2D eigenvalue weighted by atomic mass is 16.1. The Labute approximate surface area is 194 Å². The molecule has 32 heavy (non-hydrogen) atoms. The van der Waals surface area contributed by atoms with Crippen LogP contribution >= 0.6 is 0 Å². The van der Waals surface area contributed by atoms with Crippen LogP contribution in [0.15, 0.2) is 24.3 Å². The van der Waals surface area contributed by atoms with Gasteiger partial charge in [0.1, 0.15) is 6.04 Å². The zero-order chi connectivity index (χ0) is 22.6. The molecule has 0 aliphatic heterocycles. The average Bonchev–Trinajstić information content (AvgIpc) is 3.14. The topological polar surface area (TPSA) is 72.3 Å². The molecule has 9 atom stereocenters. The lowest BCUT2D eigenvalue weighted by molar-refractivity contribution is -0.131. The van der Waals surface area contributed by atoms with Crippen LogP contribution in [-0.4, -0.2) is 11.8 Å². The van der Waals surface area contributed by atoms with Crippen LogP contribution in [0.2, 0.25) is 0 Å². The molecule has 1 aromatic rings. The minimum absolute atomic E-state index is 0.128. The van der Waals surface area contributed by atoms with Gasteiger partial charge in [-0.05, 0) is 111 Å². The second kappa shape index (κ2) is 8.34. The fraction of sp³-hybridized carbons (Fsp3) is 0.750. The summed E-state index contributed by atoms with van der Waals surface area (Å²) in [6.07, 6.45) is 12.0. The lowest BCUT2D eigenvalue weighted by atomic mass is 9.49. The maximum Gasteiger partial charge on any atom is 0.160 e. The van der Waals surface area contributed by atoms with Crippen LogP contribution in [0.4, 0.5) is 11.4 Å².